The first kappa shape index (κ1) is 13.5. The molecule has 1 aliphatic rings. The van der Waals surface area contributed by atoms with Gasteiger partial charge in [-0.05, 0) is 54.6 Å². The first-order valence-corrected chi connectivity index (χ1v) is 8.24. The van der Waals surface area contributed by atoms with Crippen LogP contribution in [0.1, 0.15) is 24.7 Å². The van der Waals surface area contributed by atoms with Crippen molar-refractivity contribution in [2.75, 3.05) is 19.6 Å². The summed E-state index contributed by atoms with van der Waals surface area (Å²) in [4.78, 5) is 6.77. The van der Waals surface area contributed by atoms with Crippen LogP contribution in [0.5, 0.6) is 0 Å². The van der Waals surface area contributed by atoms with Crippen molar-refractivity contribution in [3.63, 3.8) is 0 Å². The molecule has 3 rings (SSSR count). The minimum absolute atomic E-state index is 0.173. The predicted molar refractivity (Wildman–Crippen MR) is 82.9 cm³/mol. The normalized spacial score (nSPS) is 18.0. The fourth-order valence-electron chi connectivity index (χ4n) is 2.25. The highest BCUT2D eigenvalue weighted by molar-refractivity contribution is 14.1. The van der Waals surface area contributed by atoms with Crippen LogP contribution in [0, 0.1) is 2.88 Å². The number of rotatable bonds is 4. The molecule has 0 amide bonds. The Hall–Kier alpha value is -0.510. The van der Waals surface area contributed by atoms with Crippen LogP contribution in [0.3, 0.4) is 0 Å². The second kappa shape index (κ2) is 5.86. The molecule has 0 saturated carbocycles. The molecule has 3 heterocycles. The Balaban J connectivity index is 1.69. The molecular weight excluding hydrogens is 375 g/mol. The number of aromatic nitrogens is 2. The van der Waals surface area contributed by atoms with Crippen molar-refractivity contribution < 1.29 is 4.52 Å². The fraction of sp³-hybridized carbons (Fsp3) is 0.500. The highest BCUT2D eigenvalue weighted by Crippen LogP contribution is 2.26. The van der Waals surface area contributed by atoms with Gasteiger partial charge in [0, 0.05) is 11.9 Å². The second-order valence-corrected chi connectivity index (χ2v) is 7.52. The van der Waals surface area contributed by atoms with E-state index in [0.717, 1.165) is 25.2 Å². The molecule has 2 aromatic heterocycles. The Morgan fingerprint density at radius 3 is 2.95 bits per heavy atom. The molecule has 1 aliphatic heterocycles. The van der Waals surface area contributed by atoms with Crippen molar-refractivity contribution in [2.45, 2.75) is 18.9 Å². The van der Waals surface area contributed by atoms with Crippen molar-refractivity contribution in [2.24, 2.45) is 5.73 Å². The third kappa shape index (κ3) is 3.15. The van der Waals surface area contributed by atoms with E-state index in [4.69, 9.17) is 10.3 Å². The van der Waals surface area contributed by atoms with Gasteiger partial charge in [0.15, 0.2) is 5.82 Å². The van der Waals surface area contributed by atoms with Crippen molar-refractivity contribution >= 4 is 33.9 Å². The first-order chi connectivity index (χ1) is 9.22. The van der Waals surface area contributed by atoms with Crippen molar-refractivity contribution in [1.29, 1.82) is 0 Å². The topological polar surface area (TPSA) is 68.2 Å². The maximum absolute atomic E-state index is 6.15. The van der Waals surface area contributed by atoms with Crippen molar-refractivity contribution in [3.8, 4) is 11.5 Å². The van der Waals surface area contributed by atoms with Gasteiger partial charge >= 0.3 is 0 Å². The average molecular weight is 390 g/mol. The van der Waals surface area contributed by atoms with Crippen molar-refractivity contribution in [1.82, 2.24) is 15.0 Å². The molecule has 1 saturated heterocycles. The molecule has 102 valence electrons. The summed E-state index contributed by atoms with van der Waals surface area (Å²) in [6.07, 6.45) is 2.52. The van der Waals surface area contributed by atoms with Crippen LogP contribution in [-0.2, 0) is 0 Å². The molecule has 0 spiro atoms. The number of thiophene rings is 1. The van der Waals surface area contributed by atoms with E-state index in [0.29, 0.717) is 11.7 Å². The molecule has 0 aliphatic carbocycles. The zero-order valence-corrected chi connectivity index (χ0v) is 13.4. The molecule has 1 atom stereocenters. The van der Waals surface area contributed by atoms with Gasteiger partial charge < -0.3 is 15.2 Å². The largest absolute Gasteiger partial charge is 0.334 e. The standard InChI is InChI=1S/C12H15IN4OS/c13-10-5-8(7-19-10)12-15-11(16-18-12)9(14)6-17-3-1-2-4-17/h5,7,9H,1-4,6,14H2. The van der Waals surface area contributed by atoms with Crippen LogP contribution in [-0.4, -0.2) is 34.7 Å². The van der Waals surface area contributed by atoms with Gasteiger partial charge in [-0.25, -0.2) is 0 Å². The van der Waals surface area contributed by atoms with Crippen LogP contribution in [0.2, 0.25) is 0 Å². The van der Waals surface area contributed by atoms with E-state index in [2.05, 4.69) is 37.6 Å². The number of hydrogen-bond acceptors (Lipinski definition) is 6. The van der Waals surface area contributed by atoms with E-state index in [1.54, 1.807) is 11.3 Å². The van der Waals surface area contributed by atoms with E-state index >= 15 is 0 Å². The maximum atomic E-state index is 6.15. The number of hydrogen-bond donors (Lipinski definition) is 1. The molecule has 1 unspecified atom stereocenters. The highest BCUT2D eigenvalue weighted by atomic mass is 127. The van der Waals surface area contributed by atoms with Gasteiger partial charge in [-0.3, -0.25) is 0 Å². The van der Waals surface area contributed by atoms with E-state index in [1.165, 1.54) is 15.7 Å². The summed E-state index contributed by atoms with van der Waals surface area (Å²) in [6, 6.07) is 1.86. The Kier molecular flexibility index (Phi) is 4.15. The van der Waals surface area contributed by atoms with Gasteiger partial charge in [-0.1, -0.05) is 5.16 Å². The number of likely N-dealkylation sites (tertiary alicyclic amines) is 1. The Labute approximate surface area is 129 Å². The van der Waals surface area contributed by atoms with Crippen LogP contribution in [0.25, 0.3) is 11.5 Å². The smallest absolute Gasteiger partial charge is 0.258 e. The lowest BCUT2D eigenvalue weighted by Crippen LogP contribution is -2.30. The Morgan fingerprint density at radius 1 is 1.47 bits per heavy atom. The van der Waals surface area contributed by atoms with Gasteiger partial charge in [0.05, 0.1) is 14.5 Å². The summed E-state index contributed by atoms with van der Waals surface area (Å²) in [5.74, 6) is 1.16. The zero-order chi connectivity index (χ0) is 13.2. The van der Waals surface area contributed by atoms with Gasteiger partial charge in [0.1, 0.15) is 0 Å². The van der Waals surface area contributed by atoms with E-state index in [1.807, 2.05) is 11.4 Å². The van der Waals surface area contributed by atoms with Crippen LogP contribution in [0.15, 0.2) is 16.0 Å². The van der Waals surface area contributed by atoms with Crippen LogP contribution >= 0.6 is 33.9 Å². The van der Waals surface area contributed by atoms with Gasteiger partial charge in [0.25, 0.3) is 5.89 Å². The molecule has 0 aromatic carbocycles. The monoisotopic (exact) mass is 390 g/mol. The highest BCUT2D eigenvalue weighted by Gasteiger charge is 2.20. The van der Waals surface area contributed by atoms with Crippen LogP contribution < -0.4 is 5.73 Å². The lowest BCUT2D eigenvalue weighted by Gasteiger charge is -2.17. The summed E-state index contributed by atoms with van der Waals surface area (Å²) < 4.78 is 6.50. The molecule has 7 heteroatoms. The predicted octanol–water partition coefficient (Wildman–Crippen LogP) is 2.50. The molecule has 0 bridgehead atoms. The average Bonchev–Trinajstić information content (AvgIpc) is 3.07. The summed E-state index contributed by atoms with van der Waals surface area (Å²) in [6.45, 7) is 3.06. The lowest BCUT2D eigenvalue weighted by atomic mass is 10.2. The molecule has 2 aromatic rings. The lowest BCUT2D eigenvalue weighted by molar-refractivity contribution is 0.306. The minimum Gasteiger partial charge on any atom is -0.334 e. The second-order valence-electron chi connectivity index (χ2n) is 4.71. The summed E-state index contributed by atoms with van der Waals surface area (Å²) in [7, 11) is 0. The van der Waals surface area contributed by atoms with Gasteiger partial charge in [-0.15, -0.1) is 11.3 Å². The fourth-order valence-corrected chi connectivity index (χ4v) is 3.57. The minimum atomic E-state index is -0.173. The summed E-state index contributed by atoms with van der Waals surface area (Å²) in [5, 5.41) is 6.03. The molecule has 2 N–H and O–H groups in total. The number of halogens is 1. The summed E-state index contributed by atoms with van der Waals surface area (Å²) >= 11 is 3.94. The molecular formula is C12H15IN4OS. The maximum Gasteiger partial charge on any atom is 0.258 e. The third-order valence-electron chi connectivity index (χ3n) is 3.24. The van der Waals surface area contributed by atoms with Crippen molar-refractivity contribution in [3.05, 3.63) is 20.2 Å². The Morgan fingerprint density at radius 2 is 2.26 bits per heavy atom. The number of nitrogens with zero attached hydrogens (tertiary/aromatic N) is 3. The van der Waals surface area contributed by atoms with Crippen LogP contribution in [0.4, 0.5) is 0 Å². The molecule has 5 nitrogen and oxygen atoms in total. The van der Waals surface area contributed by atoms with E-state index in [-0.39, 0.29) is 6.04 Å². The summed E-state index contributed by atoms with van der Waals surface area (Å²) in [5.41, 5.74) is 7.12. The molecule has 1 fully saturated rings. The van der Waals surface area contributed by atoms with E-state index < -0.39 is 0 Å². The zero-order valence-electron chi connectivity index (χ0n) is 10.4. The SMILES string of the molecule is NC(CN1CCCC1)c1noc(-c2csc(I)c2)n1. The molecule has 19 heavy (non-hydrogen) atoms. The first-order valence-electron chi connectivity index (χ1n) is 6.28. The van der Waals surface area contributed by atoms with E-state index in [9.17, 15) is 0 Å². The third-order valence-corrected chi connectivity index (χ3v) is 5.03. The number of nitrogens with two attached hydrogens (primary N) is 1. The van der Waals surface area contributed by atoms with Gasteiger partial charge in [0.2, 0.25) is 0 Å². The van der Waals surface area contributed by atoms with Gasteiger partial charge in [-0.2, -0.15) is 4.98 Å². The molecule has 0 radical (unpaired) electrons. The Bertz CT molecular complexity index is 549. The quantitative estimate of drug-likeness (QED) is 0.813.